The lowest BCUT2D eigenvalue weighted by Gasteiger charge is -2.18. The number of carbonyl (C=O) groups excluding carboxylic acids is 3. The second kappa shape index (κ2) is 36.6. The Labute approximate surface area is 364 Å². The van der Waals surface area contributed by atoms with E-state index < -0.39 is 50.6 Å². The zero-order chi connectivity index (χ0) is 44.3. The molecule has 0 aromatic rings. The largest absolute Gasteiger partial charge is 0.469 e. The van der Waals surface area contributed by atoms with Gasteiger partial charge in [0.05, 0.1) is 18.8 Å². The molecule has 350 valence electrons. The van der Waals surface area contributed by atoms with Crippen molar-refractivity contribution in [2.45, 2.75) is 232 Å². The van der Waals surface area contributed by atoms with Gasteiger partial charge in [-0.1, -0.05) is 186 Å². The molecule has 1 rings (SSSR count). The number of allylic oxidation sites excluding steroid dienone is 3. The number of phosphoric ester groups is 1. The van der Waals surface area contributed by atoms with Gasteiger partial charge < -0.3 is 29.5 Å². The van der Waals surface area contributed by atoms with Crippen molar-refractivity contribution in [2.24, 2.45) is 17.8 Å². The molecule has 0 aromatic heterocycles. The molecule has 0 spiro atoms. The van der Waals surface area contributed by atoms with Gasteiger partial charge in [-0.05, 0) is 38.0 Å². The zero-order valence-electron chi connectivity index (χ0n) is 38.0. The monoisotopic (exact) mass is 871 g/mol. The molecule has 0 aliphatic heterocycles. The molecular weight excluding hydrogens is 783 g/mol. The zero-order valence-corrected chi connectivity index (χ0v) is 38.9. The van der Waals surface area contributed by atoms with Crippen LogP contribution >= 0.6 is 7.82 Å². The van der Waals surface area contributed by atoms with Crippen molar-refractivity contribution in [3.63, 3.8) is 0 Å². The lowest BCUT2D eigenvalue weighted by Crippen LogP contribution is -2.29. The van der Waals surface area contributed by atoms with E-state index >= 15 is 0 Å². The van der Waals surface area contributed by atoms with Crippen LogP contribution in [0, 0.1) is 17.8 Å². The highest BCUT2D eigenvalue weighted by atomic mass is 31.2. The van der Waals surface area contributed by atoms with Crippen LogP contribution in [0.25, 0.3) is 0 Å². The van der Waals surface area contributed by atoms with Crippen LogP contribution in [0.1, 0.15) is 213 Å². The molecular formula is C48H87O11P. The van der Waals surface area contributed by atoms with Crippen LogP contribution in [0.3, 0.4) is 0 Å². The van der Waals surface area contributed by atoms with Gasteiger partial charge in [0, 0.05) is 31.1 Å². The minimum absolute atomic E-state index is 0.0308. The number of carbonyl (C=O) groups is 3. The third kappa shape index (κ3) is 31.9. The number of esters is 2. The van der Waals surface area contributed by atoms with E-state index in [9.17, 15) is 29.2 Å². The van der Waals surface area contributed by atoms with Crippen LogP contribution in [-0.2, 0) is 32.9 Å². The number of Topliss-reactive ketones (excluding diaryl/α,β-unsaturated/α-hetero) is 1. The average molecular weight is 871 g/mol. The van der Waals surface area contributed by atoms with Crippen molar-refractivity contribution >= 4 is 25.5 Å². The van der Waals surface area contributed by atoms with Gasteiger partial charge in [0.25, 0.3) is 0 Å². The average Bonchev–Trinajstić information content (AvgIpc) is 3.48. The number of aliphatic hydroxyl groups excluding tert-OH is 2. The fourth-order valence-corrected chi connectivity index (χ4v) is 8.16. The van der Waals surface area contributed by atoms with E-state index in [1.807, 2.05) is 12.2 Å². The highest BCUT2D eigenvalue weighted by Gasteiger charge is 2.39. The second-order valence-electron chi connectivity index (χ2n) is 17.5. The Morgan fingerprint density at radius 1 is 0.733 bits per heavy atom. The predicted octanol–water partition coefficient (Wildman–Crippen LogP) is 11.6. The van der Waals surface area contributed by atoms with Gasteiger partial charge >= 0.3 is 19.8 Å². The minimum atomic E-state index is -4.82. The summed E-state index contributed by atoms with van der Waals surface area (Å²) in [5, 5.41) is 20.7. The number of phosphoric acid groups is 1. The molecule has 0 aromatic carbocycles. The predicted molar refractivity (Wildman–Crippen MR) is 240 cm³/mol. The summed E-state index contributed by atoms with van der Waals surface area (Å²) in [6.07, 6.45) is 35.5. The molecule has 6 atom stereocenters. The molecule has 60 heavy (non-hydrogen) atoms. The maximum atomic E-state index is 12.5. The van der Waals surface area contributed by atoms with Gasteiger partial charge in [-0.15, -0.1) is 0 Å². The normalized spacial score (nSPS) is 18.7. The van der Waals surface area contributed by atoms with Crippen LogP contribution in [0.4, 0.5) is 0 Å². The topological polar surface area (TPSA) is 177 Å². The van der Waals surface area contributed by atoms with Crippen LogP contribution in [0.15, 0.2) is 24.3 Å². The van der Waals surface area contributed by atoms with Crippen molar-refractivity contribution < 1.29 is 52.9 Å². The number of rotatable bonds is 40. The van der Waals surface area contributed by atoms with Crippen molar-refractivity contribution in [3.05, 3.63) is 24.3 Å². The van der Waals surface area contributed by atoms with Crippen molar-refractivity contribution in [3.8, 4) is 0 Å². The Kier molecular flexibility index (Phi) is 34.2. The molecule has 0 saturated heterocycles. The summed E-state index contributed by atoms with van der Waals surface area (Å²) in [5.74, 6) is -0.923. The van der Waals surface area contributed by atoms with Gasteiger partial charge in [-0.25, -0.2) is 4.57 Å². The Balaban J connectivity index is 2.18. The van der Waals surface area contributed by atoms with Crippen molar-refractivity contribution in [1.29, 1.82) is 0 Å². The lowest BCUT2D eigenvalue weighted by molar-refractivity contribution is -0.161. The summed E-state index contributed by atoms with van der Waals surface area (Å²) in [4.78, 5) is 55.7. The smallest absolute Gasteiger partial charge is 0.462 e. The van der Waals surface area contributed by atoms with E-state index in [-0.39, 0.29) is 37.6 Å². The molecule has 0 bridgehead atoms. The quantitative estimate of drug-likeness (QED) is 0.0199. The second-order valence-corrected chi connectivity index (χ2v) is 18.7. The molecule has 0 heterocycles. The summed E-state index contributed by atoms with van der Waals surface area (Å²) in [7, 11) is -4.82. The summed E-state index contributed by atoms with van der Waals surface area (Å²) in [5.41, 5.74) is 0. The molecule has 1 unspecified atom stereocenters. The third-order valence-electron chi connectivity index (χ3n) is 11.9. The fraction of sp³-hybridized carbons (Fsp3) is 0.854. The summed E-state index contributed by atoms with van der Waals surface area (Å²) in [6.45, 7) is 5.77. The van der Waals surface area contributed by atoms with E-state index in [2.05, 4.69) is 25.3 Å². The fourth-order valence-electron chi connectivity index (χ4n) is 7.80. The highest BCUT2D eigenvalue weighted by Crippen LogP contribution is 2.36. The van der Waals surface area contributed by atoms with E-state index in [4.69, 9.17) is 19.3 Å². The first-order valence-electron chi connectivity index (χ1n) is 24.1. The summed E-state index contributed by atoms with van der Waals surface area (Å²) in [6, 6.07) is 0. The standard InChI is InChI=1S/C48H87O11P/c1-4-6-25-31-41(49)35-36-44-43(45(50)37-46(44)51)32-27-23-24-28-33-47(52)57-38-42(39-58-60(54,55)56)59-48(53)34-29-22-20-18-16-14-12-10-8-7-9-11-13-15-17-19-21-26-30-40(3)5-2/h23,27,35-36,40-45,49-50H,4-22,24-26,28-34,37-39H2,1-3H3,(H2,54,55,56)/b27-23-,36-35+/t40?,41-,42+,43+,44+,45-/m0/s1. The number of unbranched alkanes of at least 4 members (excludes halogenated alkanes) is 20. The van der Waals surface area contributed by atoms with Gasteiger partial charge in [-0.3, -0.25) is 18.9 Å². The first-order valence-corrected chi connectivity index (χ1v) is 25.7. The van der Waals surface area contributed by atoms with E-state index in [0.717, 1.165) is 44.4 Å². The highest BCUT2D eigenvalue weighted by molar-refractivity contribution is 7.46. The van der Waals surface area contributed by atoms with Crippen molar-refractivity contribution in [2.75, 3.05) is 13.2 Å². The van der Waals surface area contributed by atoms with E-state index in [1.165, 1.54) is 103 Å². The molecule has 0 amide bonds. The summed E-state index contributed by atoms with van der Waals surface area (Å²) < 4.78 is 26.4. The first kappa shape index (κ1) is 56.1. The van der Waals surface area contributed by atoms with E-state index in [1.54, 1.807) is 12.2 Å². The van der Waals surface area contributed by atoms with Crippen LogP contribution in [0.5, 0.6) is 0 Å². The molecule has 1 saturated carbocycles. The Morgan fingerprint density at radius 3 is 1.82 bits per heavy atom. The summed E-state index contributed by atoms with van der Waals surface area (Å²) >= 11 is 0. The third-order valence-corrected chi connectivity index (χ3v) is 12.4. The van der Waals surface area contributed by atoms with Gasteiger partial charge in [0.2, 0.25) is 0 Å². The molecule has 1 aliphatic carbocycles. The molecule has 11 nitrogen and oxygen atoms in total. The van der Waals surface area contributed by atoms with Crippen LogP contribution in [-0.4, -0.2) is 69.2 Å². The number of aliphatic hydroxyl groups is 2. The molecule has 12 heteroatoms. The maximum absolute atomic E-state index is 12.5. The molecule has 0 radical (unpaired) electrons. The SMILES string of the molecule is CCCCC[C@H](O)/C=C/[C@H]1C(=O)C[C@H](O)[C@@H]1C/C=C\CCCC(=O)OC[C@H](COP(=O)(O)O)OC(=O)CCCCCCCCCCCCCCCCCCCCC(C)CC. The number of hydrogen-bond acceptors (Lipinski definition) is 9. The Morgan fingerprint density at radius 2 is 1.27 bits per heavy atom. The molecule has 1 aliphatic rings. The van der Waals surface area contributed by atoms with Gasteiger partial charge in [-0.2, -0.15) is 0 Å². The van der Waals surface area contributed by atoms with Crippen LogP contribution < -0.4 is 0 Å². The minimum Gasteiger partial charge on any atom is -0.462 e. The molecule has 4 N–H and O–H groups in total. The number of hydrogen-bond donors (Lipinski definition) is 4. The number of ether oxygens (including phenoxy) is 2. The van der Waals surface area contributed by atoms with Gasteiger partial charge in [0.15, 0.2) is 6.10 Å². The molecule has 1 fully saturated rings. The van der Waals surface area contributed by atoms with Gasteiger partial charge in [0.1, 0.15) is 12.4 Å². The lowest BCUT2D eigenvalue weighted by atomic mass is 9.90. The maximum Gasteiger partial charge on any atom is 0.469 e. The number of ketones is 1. The van der Waals surface area contributed by atoms with Crippen LogP contribution in [0.2, 0.25) is 0 Å². The first-order chi connectivity index (χ1) is 28.9. The van der Waals surface area contributed by atoms with Crippen molar-refractivity contribution in [1.82, 2.24) is 0 Å². The van der Waals surface area contributed by atoms with E-state index in [0.29, 0.717) is 32.1 Å². The Bertz CT molecular complexity index is 1200. The Hall–Kier alpha value is -1.88.